The Kier molecular flexibility index (Phi) is 3.98. The molecular formula is C17H24ClN3. The molecule has 0 saturated carbocycles. The number of rotatable bonds is 3. The number of benzene rings is 1. The third-order valence-electron chi connectivity index (χ3n) is 4.80. The minimum Gasteiger partial charge on any atom is -0.324 e. The molecule has 1 aliphatic heterocycles. The molecule has 0 bridgehead atoms. The number of para-hydroxylation sites is 1. The summed E-state index contributed by atoms with van der Waals surface area (Å²) in [5, 5.41) is 4.36. The summed E-state index contributed by atoms with van der Waals surface area (Å²) in [5.41, 5.74) is 2.23. The molecular weight excluding hydrogens is 282 g/mol. The Morgan fingerprint density at radius 2 is 2.24 bits per heavy atom. The lowest BCUT2D eigenvalue weighted by Crippen LogP contribution is -2.44. The van der Waals surface area contributed by atoms with Crippen LogP contribution in [-0.2, 0) is 5.41 Å². The van der Waals surface area contributed by atoms with Crippen molar-refractivity contribution < 1.29 is 0 Å². The molecule has 2 aromatic rings. The number of halogens is 1. The summed E-state index contributed by atoms with van der Waals surface area (Å²) in [6, 6.07) is 6.38. The van der Waals surface area contributed by atoms with Crippen LogP contribution < -0.4 is 5.32 Å². The van der Waals surface area contributed by atoms with Gasteiger partial charge in [-0.3, -0.25) is 0 Å². The molecule has 1 fully saturated rings. The average Bonchev–Trinajstić information content (AvgIpc) is 2.89. The molecule has 1 N–H and O–H groups in total. The van der Waals surface area contributed by atoms with Crippen LogP contribution in [0.4, 0.5) is 0 Å². The van der Waals surface area contributed by atoms with Gasteiger partial charge in [-0.25, -0.2) is 4.98 Å². The Morgan fingerprint density at radius 1 is 1.43 bits per heavy atom. The topological polar surface area (TPSA) is 29.9 Å². The maximum atomic E-state index is 6.47. The zero-order valence-corrected chi connectivity index (χ0v) is 13.9. The second-order valence-corrected chi connectivity index (χ2v) is 6.83. The summed E-state index contributed by atoms with van der Waals surface area (Å²) in [5.74, 6) is 1.20. The SMILES string of the molecule is CCC1(c2nc3cccc(Cl)c3n2C(C)C)CCCNC1. The van der Waals surface area contributed by atoms with Crippen molar-refractivity contribution in [3.05, 3.63) is 29.0 Å². The van der Waals surface area contributed by atoms with E-state index in [4.69, 9.17) is 16.6 Å². The second-order valence-electron chi connectivity index (χ2n) is 6.42. The van der Waals surface area contributed by atoms with Gasteiger partial charge in [0.05, 0.1) is 16.1 Å². The number of hydrogen-bond donors (Lipinski definition) is 1. The highest BCUT2D eigenvalue weighted by Crippen LogP contribution is 2.38. The highest BCUT2D eigenvalue weighted by atomic mass is 35.5. The number of hydrogen-bond acceptors (Lipinski definition) is 2. The van der Waals surface area contributed by atoms with Crippen molar-refractivity contribution in [2.45, 2.75) is 51.5 Å². The van der Waals surface area contributed by atoms with Gasteiger partial charge in [-0.1, -0.05) is 24.6 Å². The third kappa shape index (κ3) is 2.36. The largest absolute Gasteiger partial charge is 0.324 e. The second kappa shape index (κ2) is 5.62. The molecule has 2 heterocycles. The van der Waals surface area contributed by atoms with Crippen molar-refractivity contribution in [2.24, 2.45) is 0 Å². The number of nitrogens with one attached hydrogen (secondary N) is 1. The van der Waals surface area contributed by atoms with Crippen LogP contribution in [0.2, 0.25) is 5.02 Å². The van der Waals surface area contributed by atoms with Crippen molar-refractivity contribution in [3.8, 4) is 0 Å². The van der Waals surface area contributed by atoms with Crippen molar-refractivity contribution in [2.75, 3.05) is 13.1 Å². The predicted molar refractivity (Wildman–Crippen MR) is 89.2 cm³/mol. The normalized spacial score (nSPS) is 23.1. The Hall–Kier alpha value is -1.06. The third-order valence-corrected chi connectivity index (χ3v) is 5.11. The van der Waals surface area contributed by atoms with Gasteiger partial charge in [-0.15, -0.1) is 0 Å². The molecule has 1 aliphatic rings. The highest BCUT2D eigenvalue weighted by molar-refractivity contribution is 6.35. The summed E-state index contributed by atoms with van der Waals surface area (Å²) in [7, 11) is 0. The molecule has 3 nitrogen and oxygen atoms in total. The Bertz CT molecular complexity index is 639. The van der Waals surface area contributed by atoms with Gasteiger partial charge in [-0.05, 0) is 51.8 Å². The van der Waals surface area contributed by atoms with Crippen LogP contribution in [0.15, 0.2) is 18.2 Å². The quantitative estimate of drug-likeness (QED) is 0.916. The van der Waals surface area contributed by atoms with Crippen LogP contribution in [0, 0.1) is 0 Å². The molecule has 4 heteroatoms. The smallest absolute Gasteiger partial charge is 0.117 e. The van der Waals surface area contributed by atoms with Gasteiger partial charge in [0.1, 0.15) is 5.82 Å². The van der Waals surface area contributed by atoms with Crippen LogP contribution in [0.25, 0.3) is 11.0 Å². The monoisotopic (exact) mass is 305 g/mol. The lowest BCUT2D eigenvalue weighted by Gasteiger charge is -2.37. The van der Waals surface area contributed by atoms with E-state index in [9.17, 15) is 0 Å². The molecule has 1 aromatic carbocycles. The summed E-state index contributed by atoms with van der Waals surface area (Å²) in [4.78, 5) is 5.00. The van der Waals surface area contributed by atoms with Gasteiger partial charge >= 0.3 is 0 Å². The zero-order chi connectivity index (χ0) is 15.0. The van der Waals surface area contributed by atoms with Crippen molar-refractivity contribution >= 4 is 22.6 Å². The van der Waals surface area contributed by atoms with E-state index >= 15 is 0 Å². The minimum absolute atomic E-state index is 0.130. The highest BCUT2D eigenvalue weighted by Gasteiger charge is 2.37. The summed E-state index contributed by atoms with van der Waals surface area (Å²) >= 11 is 6.47. The van der Waals surface area contributed by atoms with Crippen LogP contribution in [-0.4, -0.2) is 22.6 Å². The van der Waals surface area contributed by atoms with E-state index in [1.165, 1.54) is 18.7 Å². The lowest BCUT2D eigenvalue weighted by molar-refractivity contribution is 0.276. The van der Waals surface area contributed by atoms with Crippen LogP contribution in [0.3, 0.4) is 0 Å². The standard InChI is InChI=1S/C17H24ClN3/c1-4-17(9-6-10-19-11-17)16-20-14-8-5-7-13(18)15(14)21(16)12(2)3/h5,7-8,12,19H,4,6,9-11H2,1-3H3. The molecule has 0 radical (unpaired) electrons. The first-order valence-corrected chi connectivity index (χ1v) is 8.34. The lowest BCUT2D eigenvalue weighted by atomic mass is 9.77. The Morgan fingerprint density at radius 3 is 2.86 bits per heavy atom. The molecule has 0 spiro atoms. The van der Waals surface area contributed by atoms with Crippen LogP contribution >= 0.6 is 11.6 Å². The minimum atomic E-state index is 0.130. The maximum absolute atomic E-state index is 6.47. The van der Waals surface area contributed by atoms with E-state index in [1.807, 2.05) is 12.1 Å². The van der Waals surface area contributed by atoms with Gasteiger partial charge < -0.3 is 9.88 Å². The number of imidazole rings is 1. The van der Waals surface area contributed by atoms with E-state index in [2.05, 4.69) is 36.7 Å². The first-order chi connectivity index (χ1) is 10.1. The van der Waals surface area contributed by atoms with E-state index < -0.39 is 0 Å². The number of aromatic nitrogens is 2. The zero-order valence-electron chi connectivity index (χ0n) is 13.1. The predicted octanol–water partition coefficient (Wildman–Crippen LogP) is 4.30. The molecule has 114 valence electrons. The van der Waals surface area contributed by atoms with Gasteiger partial charge in [-0.2, -0.15) is 0 Å². The first-order valence-electron chi connectivity index (χ1n) is 7.97. The molecule has 1 saturated heterocycles. The van der Waals surface area contributed by atoms with Gasteiger partial charge in [0.25, 0.3) is 0 Å². The fourth-order valence-electron chi connectivity index (χ4n) is 3.60. The number of piperidine rings is 1. The molecule has 0 amide bonds. The van der Waals surface area contributed by atoms with Crippen molar-refractivity contribution in [1.82, 2.24) is 14.9 Å². The van der Waals surface area contributed by atoms with Crippen molar-refractivity contribution in [1.29, 1.82) is 0 Å². The van der Waals surface area contributed by atoms with E-state index in [0.29, 0.717) is 6.04 Å². The number of nitrogens with zero attached hydrogens (tertiary/aromatic N) is 2. The fraction of sp³-hybridized carbons (Fsp3) is 0.588. The van der Waals surface area contributed by atoms with E-state index in [1.54, 1.807) is 0 Å². The van der Waals surface area contributed by atoms with Crippen LogP contribution in [0.5, 0.6) is 0 Å². The number of fused-ring (bicyclic) bond motifs is 1. The summed E-state index contributed by atoms with van der Waals surface area (Å²) in [6.07, 6.45) is 3.51. The maximum Gasteiger partial charge on any atom is 0.117 e. The van der Waals surface area contributed by atoms with E-state index in [0.717, 1.165) is 35.6 Å². The van der Waals surface area contributed by atoms with E-state index in [-0.39, 0.29) is 5.41 Å². The molecule has 1 unspecified atom stereocenters. The fourth-order valence-corrected chi connectivity index (χ4v) is 3.86. The molecule has 21 heavy (non-hydrogen) atoms. The molecule has 1 atom stereocenters. The summed E-state index contributed by atoms with van der Waals surface area (Å²) < 4.78 is 2.36. The van der Waals surface area contributed by atoms with Gasteiger partial charge in [0.15, 0.2) is 0 Å². The summed E-state index contributed by atoms with van der Waals surface area (Å²) in [6.45, 7) is 8.83. The first kappa shape index (κ1) is 14.9. The Balaban J connectivity index is 2.26. The van der Waals surface area contributed by atoms with Gasteiger partial charge in [0.2, 0.25) is 0 Å². The average molecular weight is 306 g/mol. The molecule has 0 aliphatic carbocycles. The van der Waals surface area contributed by atoms with Crippen molar-refractivity contribution in [3.63, 3.8) is 0 Å². The molecule has 3 rings (SSSR count). The van der Waals surface area contributed by atoms with Crippen LogP contribution in [0.1, 0.15) is 51.9 Å². The molecule has 1 aromatic heterocycles. The Labute approximate surface area is 131 Å². The van der Waals surface area contributed by atoms with Gasteiger partial charge in [0, 0.05) is 18.0 Å².